The largest absolute Gasteiger partial charge is 0.514 e. The Labute approximate surface area is 158 Å². The van der Waals surface area contributed by atoms with Crippen LogP contribution in [0.5, 0.6) is 11.5 Å². The monoisotopic (exact) mass is 389 g/mol. The van der Waals surface area contributed by atoms with Crippen molar-refractivity contribution in [3.8, 4) is 11.5 Å². The topological polar surface area (TPSA) is 119 Å². The highest BCUT2D eigenvalue weighted by Crippen LogP contribution is 2.29. The second-order valence-electron chi connectivity index (χ2n) is 5.42. The normalized spacial score (nSPS) is 10.6. The molecule has 0 aliphatic rings. The van der Waals surface area contributed by atoms with Crippen molar-refractivity contribution in [1.82, 2.24) is 4.73 Å². The summed E-state index contributed by atoms with van der Waals surface area (Å²) in [6.07, 6.45) is -1.97. The number of carbonyl (C=O) groups is 2. The van der Waals surface area contributed by atoms with E-state index in [0.29, 0.717) is 9.16 Å². The van der Waals surface area contributed by atoms with E-state index in [4.69, 9.17) is 18.9 Å². The van der Waals surface area contributed by atoms with Gasteiger partial charge in [0, 0.05) is 11.0 Å². The fourth-order valence-electron chi connectivity index (χ4n) is 2.65. The Bertz CT molecular complexity index is 1120. The zero-order valence-corrected chi connectivity index (χ0v) is 15.1. The summed E-state index contributed by atoms with van der Waals surface area (Å²) < 4.78 is 20.7. The van der Waals surface area contributed by atoms with E-state index in [9.17, 15) is 19.7 Å². The van der Waals surface area contributed by atoms with Crippen LogP contribution in [0.2, 0.25) is 0 Å². The molecule has 1 heterocycles. The number of para-hydroxylation sites is 2. The van der Waals surface area contributed by atoms with Crippen LogP contribution in [0, 0.1) is 4.91 Å². The molecule has 10 nitrogen and oxygen atoms in total. The molecule has 0 aliphatic heterocycles. The summed E-state index contributed by atoms with van der Waals surface area (Å²) in [6, 6.07) is 8.57. The molecule has 0 aliphatic carbocycles. The minimum atomic E-state index is -0.987. The molecule has 0 fully saturated rings. The predicted octanol–water partition coefficient (Wildman–Crippen LogP) is 3.02. The van der Waals surface area contributed by atoms with Crippen molar-refractivity contribution in [2.75, 3.05) is 13.2 Å². The van der Waals surface area contributed by atoms with Crippen molar-refractivity contribution in [2.24, 2.45) is 0 Å². The maximum absolute atomic E-state index is 13.0. The van der Waals surface area contributed by atoms with Gasteiger partial charge < -0.3 is 24.2 Å². The molecule has 146 valence electrons. The summed E-state index contributed by atoms with van der Waals surface area (Å²) >= 11 is 0. The van der Waals surface area contributed by atoms with E-state index < -0.39 is 12.3 Å². The van der Waals surface area contributed by atoms with E-state index in [1.807, 2.05) is 0 Å². The summed E-state index contributed by atoms with van der Waals surface area (Å²) in [5.74, 6) is -0.186. The van der Waals surface area contributed by atoms with Crippen molar-refractivity contribution in [1.29, 1.82) is 0 Å². The molecule has 0 amide bonds. The molecule has 2 aromatic carbocycles. The first-order valence-corrected chi connectivity index (χ1v) is 8.39. The maximum Gasteiger partial charge on any atom is 0.514 e. The molecule has 3 aromatic rings. The van der Waals surface area contributed by atoms with E-state index >= 15 is 0 Å². The van der Waals surface area contributed by atoms with Crippen LogP contribution in [-0.4, -0.2) is 35.5 Å². The number of aromatic nitrogens is 2. The molecule has 0 atom stereocenters. The van der Waals surface area contributed by atoms with Gasteiger partial charge in [-0.25, -0.2) is 9.59 Å². The molecule has 1 aromatic heterocycles. The highest BCUT2D eigenvalue weighted by Gasteiger charge is 2.27. The average molecular weight is 389 g/mol. The zero-order chi connectivity index (χ0) is 20.3. The summed E-state index contributed by atoms with van der Waals surface area (Å²) in [7, 11) is 0. The van der Waals surface area contributed by atoms with Gasteiger partial charge in [-0.2, -0.15) is 4.73 Å². The summed E-state index contributed by atoms with van der Waals surface area (Å²) in [5, 5.41) is 10.7. The van der Waals surface area contributed by atoms with E-state index in [-0.39, 0.29) is 46.8 Å². The molecule has 0 bridgehead atoms. The lowest BCUT2D eigenvalue weighted by Gasteiger charge is -2.09. The van der Waals surface area contributed by atoms with Gasteiger partial charge in [-0.1, -0.05) is 12.1 Å². The number of nitrogens with zero attached hydrogens (tertiary/aromatic N) is 2. The van der Waals surface area contributed by atoms with Crippen molar-refractivity contribution >= 4 is 34.4 Å². The van der Waals surface area contributed by atoms with E-state index in [1.165, 1.54) is 36.4 Å². The van der Waals surface area contributed by atoms with Gasteiger partial charge >= 0.3 is 17.8 Å². The van der Waals surface area contributed by atoms with Gasteiger partial charge in [-0.3, -0.25) is 0 Å². The van der Waals surface area contributed by atoms with E-state index in [1.54, 1.807) is 13.8 Å². The Morgan fingerprint density at radius 2 is 1.54 bits per heavy atom. The first kappa shape index (κ1) is 19.0. The second kappa shape index (κ2) is 7.82. The third-order valence-electron chi connectivity index (χ3n) is 3.73. The third kappa shape index (κ3) is 3.39. The van der Waals surface area contributed by atoms with Crippen molar-refractivity contribution < 1.29 is 38.2 Å². The molecule has 0 spiro atoms. The lowest BCUT2D eigenvalue weighted by atomic mass is 10.2. The van der Waals surface area contributed by atoms with Crippen LogP contribution in [-0.2, 0) is 9.47 Å². The van der Waals surface area contributed by atoms with Gasteiger partial charge in [-0.05, 0) is 32.0 Å². The minimum Gasteiger partial charge on any atom is -0.434 e. The molecule has 28 heavy (non-hydrogen) atoms. The van der Waals surface area contributed by atoms with Crippen LogP contribution in [0.3, 0.4) is 0 Å². The van der Waals surface area contributed by atoms with E-state index in [0.717, 1.165) is 0 Å². The fraction of sp³-hybridized carbons (Fsp3) is 0.222. The summed E-state index contributed by atoms with van der Waals surface area (Å²) in [4.78, 5) is 36.3. The van der Waals surface area contributed by atoms with Crippen LogP contribution in [0.25, 0.3) is 22.1 Å². The molecular weight excluding hydrogens is 372 g/mol. The number of hydrogen-bond acceptors (Lipinski definition) is 8. The molecule has 0 radical (unpaired) electrons. The fourth-order valence-corrected chi connectivity index (χ4v) is 2.65. The van der Waals surface area contributed by atoms with Crippen LogP contribution in [0.15, 0.2) is 36.4 Å². The number of ether oxygens (including phenoxy) is 4. The molecule has 1 N–H and O–H groups in total. The number of carbonyl (C=O) groups excluding carboxylic acids is 2. The van der Waals surface area contributed by atoms with Crippen LogP contribution in [0.1, 0.15) is 13.8 Å². The molecule has 0 unspecified atom stereocenters. The second-order valence-corrected chi connectivity index (χ2v) is 5.42. The Balaban J connectivity index is 2.24. The van der Waals surface area contributed by atoms with Crippen molar-refractivity contribution in [3.05, 3.63) is 41.3 Å². The zero-order valence-electron chi connectivity index (χ0n) is 15.1. The lowest BCUT2D eigenvalue weighted by Crippen LogP contribution is -2.23. The molecule has 3 rings (SSSR count). The standard InChI is InChI=1S/C18H17N2O8/c1-3-25-17(21)27-13-9-5-7-11-15(13)19(23)12-8-6-10-14(16(12)20(11)24)28-18(22)26-4-2/h5-10,23H,3-4H2,1-2H3/q+1. The summed E-state index contributed by atoms with van der Waals surface area (Å²) in [5.41, 5.74) is -0.189. The van der Waals surface area contributed by atoms with Crippen molar-refractivity contribution in [3.63, 3.8) is 0 Å². The number of benzene rings is 2. The predicted molar refractivity (Wildman–Crippen MR) is 95.3 cm³/mol. The first-order valence-electron chi connectivity index (χ1n) is 8.39. The van der Waals surface area contributed by atoms with Gasteiger partial charge in [0.05, 0.1) is 17.6 Å². The quantitative estimate of drug-likeness (QED) is 0.238. The Morgan fingerprint density at radius 3 is 2.18 bits per heavy atom. The van der Waals surface area contributed by atoms with Gasteiger partial charge in [0.2, 0.25) is 5.75 Å². The Kier molecular flexibility index (Phi) is 5.30. The Hall–Kier alpha value is -3.82. The van der Waals surface area contributed by atoms with Gasteiger partial charge in [0.1, 0.15) is 0 Å². The highest BCUT2D eigenvalue weighted by molar-refractivity contribution is 5.90. The SMILES string of the molecule is CCOC(=O)Oc1cccc2c1n(O)c1cccc(OC(=O)OCC)c1[n+]2=O. The smallest absolute Gasteiger partial charge is 0.434 e. The number of fused-ring (bicyclic) bond motifs is 2. The first-order chi connectivity index (χ1) is 13.5. The maximum atomic E-state index is 13.0. The molecule has 0 saturated carbocycles. The average Bonchev–Trinajstić information content (AvgIpc) is 2.66. The van der Waals surface area contributed by atoms with Gasteiger partial charge in [-0.15, -0.1) is 0 Å². The number of rotatable bonds is 4. The Morgan fingerprint density at radius 1 is 0.964 bits per heavy atom. The molecule has 10 heteroatoms. The van der Waals surface area contributed by atoms with Crippen LogP contribution < -0.4 is 13.9 Å². The highest BCUT2D eigenvalue weighted by atomic mass is 16.7. The van der Waals surface area contributed by atoms with Gasteiger partial charge in [0.15, 0.2) is 16.8 Å². The van der Waals surface area contributed by atoms with Crippen molar-refractivity contribution in [2.45, 2.75) is 13.8 Å². The molecule has 0 saturated heterocycles. The van der Waals surface area contributed by atoms with E-state index in [2.05, 4.69) is 0 Å². The van der Waals surface area contributed by atoms with Crippen LogP contribution >= 0.6 is 0 Å². The van der Waals surface area contributed by atoms with Gasteiger partial charge in [0.25, 0.3) is 5.52 Å². The molecular formula is C18H17N2O8+. The van der Waals surface area contributed by atoms with Crippen LogP contribution in [0.4, 0.5) is 9.59 Å². The minimum absolute atomic E-state index is 0.0178. The number of hydrogen-bond donors (Lipinski definition) is 1. The third-order valence-corrected chi connectivity index (χ3v) is 3.73. The summed E-state index contributed by atoms with van der Waals surface area (Å²) in [6.45, 7) is 3.42. The lowest BCUT2D eigenvalue weighted by molar-refractivity contribution is -0.433.